The van der Waals surface area contributed by atoms with Crippen LogP contribution in [0.1, 0.15) is 18.1 Å². The molecule has 2 aromatic carbocycles. The summed E-state index contributed by atoms with van der Waals surface area (Å²) in [4.78, 5) is 4.64. The summed E-state index contributed by atoms with van der Waals surface area (Å²) in [5.41, 5.74) is 2.17. The summed E-state index contributed by atoms with van der Waals surface area (Å²) in [5.74, 6) is 2.99. The molecule has 2 N–H and O–H groups in total. The molecule has 0 aromatic heterocycles. The van der Waals surface area contributed by atoms with Crippen LogP contribution < -0.4 is 24.8 Å². The van der Waals surface area contributed by atoms with Gasteiger partial charge >= 0.3 is 0 Å². The van der Waals surface area contributed by atoms with Gasteiger partial charge in [-0.15, -0.1) is 0 Å². The second-order valence-electron chi connectivity index (χ2n) is 5.87. The molecule has 0 saturated heterocycles. The van der Waals surface area contributed by atoms with Crippen molar-refractivity contribution < 1.29 is 14.2 Å². The first-order valence-corrected chi connectivity index (χ1v) is 9.06. The summed E-state index contributed by atoms with van der Waals surface area (Å²) >= 11 is 0. The van der Waals surface area contributed by atoms with Crippen LogP contribution in [-0.4, -0.2) is 40.4 Å². The van der Waals surface area contributed by atoms with E-state index in [-0.39, 0.29) is 0 Å². The molecule has 0 aliphatic heterocycles. The minimum Gasteiger partial charge on any atom is -0.496 e. The lowest BCUT2D eigenvalue weighted by Gasteiger charge is -2.16. The van der Waals surface area contributed by atoms with Gasteiger partial charge in [0.25, 0.3) is 0 Å². The number of nitrogens with zero attached hydrogens (tertiary/aromatic N) is 1. The van der Waals surface area contributed by atoms with Crippen LogP contribution in [0.15, 0.2) is 47.5 Å². The van der Waals surface area contributed by atoms with E-state index in [9.17, 15) is 0 Å². The van der Waals surface area contributed by atoms with E-state index < -0.39 is 0 Å². The molecule has 146 valence electrons. The molecule has 0 unspecified atom stereocenters. The monoisotopic (exact) mass is 371 g/mol. The van der Waals surface area contributed by atoms with Crippen LogP contribution in [0.4, 0.5) is 0 Å². The Hall–Kier alpha value is -2.89. The molecule has 0 aliphatic carbocycles. The van der Waals surface area contributed by atoms with Crippen LogP contribution in [0.2, 0.25) is 0 Å². The Morgan fingerprint density at radius 2 is 1.59 bits per heavy atom. The van der Waals surface area contributed by atoms with Gasteiger partial charge in [0.2, 0.25) is 0 Å². The summed E-state index contributed by atoms with van der Waals surface area (Å²) in [5, 5.41) is 6.64. The molecule has 2 rings (SSSR count). The maximum atomic E-state index is 5.51. The average Bonchev–Trinajstić information content (AvgIpc) is 2.72. The molecule has 0 aliphatic rings. The zero-order chi connectivity index (χ0) is 19.5. The smallest absolute Gasteiger partial charge is 0.191 e. The molecular weight excluding hydrogens is 342 g/mol. The van der Waals surface area contributed by atoms with Crippen LogP contribution in [-0.2, 0) is 13.0 Å². The molecule has 0 amide bonds. The molecule has 0 bridgehead atoms. The number of ether oxygens (including phenoxy) is 3. The van der Waals surface area contributed by atoms with Crippen molar-refractivity contribution in [3.8, 4) is 17.2 Å². The number of hydrogen-bond donors (Lipinski definition) is 2. The van der Waals surface area contributed by atoms with Gasteiger partial charge in [0.05, 0.1) is 27.9 Å². The Bertz CT molecular complexity index is 708. The van der Waals surface area contributed by atoms with Crippen LogP contribution in [0.3, 0.4) is 0 Å². The second-order valence-corrected chi connectivity index (χ2v) is 5.87. The summed E-state index contributed by atoms with van der Waals surface area (Å²) < 4.78 is 16.3. The van der Waals surface area contributed by atoms with Gasteiger partial charge in [0, 0.05) is 30.8 Å². The number of rotatable bonds is 9. The Morgan fingerprint density at radius 3 is 2.15 bits per heavy atom. The molecule has 27 heavy (non-hydrogen) atoms. The van der Waals surface area contributed by atoms with E-state index in [0.717, 1.165) is 36.0 Å². The number of benzene rings is 2. The van der Waals surface area contributed by atoms with E-state index in [1.807, 2.05) is 30.3 Å². The fourth-order valence-corrected chi connectivity index (χ4v) is 2.73. The third-order valence-electron chi connectivity index (χ3n) is 4.09. The van der Waals surface area contributed by atoms with Gasteiger partial charge < -0.3 is 24.8 Å². The molecular formula is C21H29N3O3. The van der Waals surface area contributed by atoms with E-state index >= 15 is 0 Å². The molecule has 0 heterocycles. The van der Waals surface area contributed by atoms with Crippen LogP contribution in [0, 0.1) is 0 Å². The van der Waals surface area contributed by atoms with Gasteiger partial charge in [-0.1, -0.05) is 30.3 Å². The van der Waals surface area contributed by atoms with E-state index in [2.05, 4.69) is 34.7 Å². The number of hydrogen-bond acceptors (Lipinski definition) is 4. The Balaban J connectivity index is 2.04. The number of aliphatic imine (C=N–C) groups is 1. The van der Waals surface area contributed by atoms with Gasteiger partial charge in [0.1, 0.15) is 17.2 Å². The van der Waals surface area contributed by atoms with Crippen molar-refractivity contribution in [2.75, 3.05) is 34.4 Å². The minimum absolute atomic E-state index is 0.630. The van der Waals surface area contributed by atoms with E-state index in [1.165, 1.54) is 5.56 Å². The Kier molecular flexibility index (Phi) is 8.29. The first kappa shape index (κ1) is 20.4. The van der Waals surface area contributed by atoms with Crippen molar-refractivity contribution in [2.45, 2.75) is 19.9 Å². The van der Waals surface area contributed by atoms with Gasteiger partial charge in [-0.25, -0.2) is 4.99 Å². The molecule has 0 saturated carbocycles. The molecule has 0 fully saturated rings. The van der Waals surface area contributed by atoms with E-state index in [4.69, 9.17) is 14.2 Å². The quantitative estimate of drug-likeness (QED) is 0.524. The zero-order valence-corrected chi connectivity index (χ0v) is 16.5. The molecule has 0 atom stereocenters. The number of nitrogens with one attached hydrogen (secondary N) is 2. The van der Waals surface area contributed by atoms with Crippen molar-refractivity contribution in [1.82, 2.24) is 10.6 Å². The maximum absolute atomic E-state index is 5.51. The van der Waals surface area contributed by atoms with Crippen LogP contribution in [0.5, 0.6) is 17.2 Å². The van der Waals surface area contributed by atoms with Crippen molar-refractivity contribution >= 4 is 5.96 Å². The van der Waals surface area contributed by atoms with Crippen molar-refractivity contribution in [3.05, 3.63) is 53.6 Å². The molecule has 6 nitrogen and oxygen atoms in total. The highest BCUT2D eigenvalue weighted by Gasteiger charge is 2.13. The molecule has 0 radical (unpaired) electrons. The minimum atomic E-state index is 0.630. The second kappa shape index (κ2) is 11.0. The standard InChI is InChI=1S/C21H29N3O3/c1-5-22-21(24-15-16-9-7-6-8-10-16)23-12-11-18-19(26-3)13-17(25-2)14-20(18)27-4/h6-10,13-14H,5,11-12,15H2,1-4H3,(H2,22,23,24). The van der Waals surface area contributed by atoms with Gasteiger partial charge in [-0.05, 0) is 18.9 Å². The predicted octanol–water partition coefficient (Wildman–Crippen LogP) is 3.01. The summed E-state index contributed by atoms with van der Waals surface area (Å²) in [6.45, 7) is 4.18. The normalized spacial score (nSPS) is 11.0. The van der Waals surface area contributed by atoms with E-state index in [0.29, 0.717) is 18.8 Å². The molecule has 2 aromatic rings. The van der Waals surface area contributed by atoms with E-state index in [1.54, 1.807) is 21.3 Å². The van der Waals surface area contributed by atoms with Crippen molar-refractivity contribution in [3.63, 3.8) is 0 Å². The fourth-order valence-electron chi connectivity index (χ4n) is 2.73. The summed E-state index contributed by atoms with van der Waals surface area (Å²) in [6, 6.07) is 13.9. The highest BCUT2D eigenvalue weighted by Crippen LogP contribution is 2.34. The topological polar surface area (TPSA) is 64.1 Å². The van der Waals surface area contributed by atoms with Crippen molar-refractivity contribution in [2.24, 2.45) is 4.99 Å². The molecule has 0 spiro atoms. The highest BCUT2D eigenvalue weighted by atomic mass is 16.5. The number of guanidine groups is 1. The first-order chi connectivity index (χ1) is 13.2. The lowest BCUT2D eigenvalue weighted by Crippen LogP contribution is -2.38. The zero-order valence-electron chi connectivity index (χ0n) is 16.5. The largest absolute Gasteiger partial charge is 0.496 e. The van der Waals surface area contributed by atoms with Crippen LogP contribution >= 0.6 is 0 Å². The summed E-state index contributed by atoms with van der Waals surface area (Å²) in [7, 11) is 4.92. The third kappa shape index (κ3) is 6.09. The summed E-state index contributed by atoms with van der Waals surface area (Å²) in [6.07, 6.45) is 0.728. The number of methoxy groups -OCH3 is 3. The third-order valence-corrected chi connectivity index (χ3v) is 4.09. The fraction of sp³-hybridized carbons (Fsp3) is 0.381. The molecule has 6 heteroatoms. The lowest BCUT2D eigenvalue weighted by molar-refractivity contribution is 0.368. The first-order valence-electron chi connectivity index (χ1n) is 9.06. The highest BCUT2D eigenvalue weighted by molar-refractivity contribution is 5.79. The van der Waals surface area contributed by atoms with Gasteiger partial charge in [-0.2, -0.15) is 0 Å². The maximum Gasteiger partial charge on any atom is 0.191 e. The lowest BCUT2D eigenvalue weighted by atomic mass is 10.1. The van der Waals surface area contributed by atoms with Crippen LogP contribution in [0.25, 0.3) is 0 Å². The Morgan fingerprint density at radius 1 is 0.926 bits per heavy atom. The predicted molar refractivity (Wildman–Crippen MR) is 109 cm³/mol. The van der Waals surface area contributed by atoms with Gasteiger partial charge in [0.15, 0.2) is 5.96 Å². The average molecular weight is 371 g/mol. The van der Waals surface area contributed by atoms with Crippen molar-refractivity contribution in [1.29, 1.82) is 0 Å². The van der Waals surface area contributed by atoms with Gasteiger partial charge in [-0.3, -0.25) is 0 Å². The SMILES string of the molecule is CCNC(=NCc1ccccc1)NCCc1c(OC)cc(OC)cc1OC. The Labute approximate surface area is 161 Å².